The second-order valence-corrected chi connectivity index (χ2v) is 9.02. The maximum absolute atomic E-state index is 13.0. The quantitative estimate of drug-likeness (QED) is 0.539. The van der Waals surface area contributed by atoms with E-state index in [1.165, 1.54) is 31.4 Å². The van der Waals surface area contributed by atoms with Crippen LogP contribution in [0.1, 0.15) is 22.8 Å². The van der Waals surface area contributed by atoms with Crippen molar-refractivity contribution in [2.75, 3.05) is 25.2 Å². The van der Waals surface area contributed by atoms with Crippen molar-refractivity contribution in [2.45, 2.75) is 18.4 Å². The molecule has 9 heteroatoms. The van der Waals surface area contributed by atoms with E-state index in [-0.39, 0.29) is 17.6 Å². The summed E-state index contributed by atoms with van der Waals surface area (Å²) in [6, 6.07) is 18.2. The van der Waals surface area contributed by atoms with Gasteiger partial charge in [-0.05, 0) is 61.0 Å². The molecule has 1 aliphatic heterocycles. The highest BCUT2D eigenvalue weighted by Crippen LogP contribution is 2.33. The Hall–Kier alpha value is -3.72. The summed E-state index contributed by atoms with van der Waals surface area (Å²) in [5, 5.41) is 0. The number of fused-ring (bicyclic) bond motifs is 1. The van der Waals surface area contributed by atoms with Gasteiger partial charge in [0, 0.05) is 18.7 Å². The van der Waals surface area contributed by atoms with Crippen LogP contribution in [0, 0.1) is 0 Å². The number of carbonyl (C=O) groups excluding carboxylic acids is 1. The highest BCUT2D eigenvalue weighted by Gasteiger charge is 2.20. The molecular formula is C24H24N2O6S. The Bertz CT molecular complexity index is 1260. The SMILES string of the molecule is CCN(Cc1ccc2c(c1)OCO2)C(=O)c1ccc(S(=O)(=O)Nc2ccccc2OC)cc1. The number of nitrogens with zero attached hydrogens (tertiary/aromatic N) is 1. The molecule has 0 bridgehead atoms. The van der Waals surface area contributed by atoms with Crippen LogP contribution in [0.25, 0.3) is 0 Å². The van der Waals surface area contributed by atoms with Crippen LogP contribution in [0.15, 0.2) is 71.6 Å². The van der Waals surface area contributed by atoms with Crippen molar-refractivity contribution in [1.29, 1.82) is 0 Å². The molecule has 0 saturated heterocycles. The lowest BCUT2D eigenvalue weighted by atomic mass is 10.1. The van der Waals surface area contributed by atoms with Gasteiger partial charge in [0.1, 0.15) is 5.75 Å². The molecular weight excluding hydrogens is 444 g/mol. The van der Waals surface area contributed by atoms with Crippen LogP contribution in [-0.4, -0.2) is 39.7 Å². The number of benzene rings is 3. The average molecular weight is 469 g/mol. The second-order valence-electron chi connectivity index (χ2n) is 7.34. The lowest BCUT2D eigenvalue weighted by Gasteiger charge is -2.21. The summed E-state index contributed by atoms with van der Waals surface area (Å²) in [5.41, 5.74) is 1.64. The maximum Gasteiger partial charge on any atom is 0.262 e. The van der Waals surface area contributed by atoms with Gasteiger partial charge in [0.05, 0.1) is 17.7 Å². The fourth-order valence-electron chi connectivity index (χ4n) is 3.48. The summed E-state index contributed by atoms with van der Waals surface area (Å²) in [6.07, 6.45) is 0. The Kier molecular flexibility index (Phi) is 6.41. The number of anilines is 1. The molecule has 3 aromatic carbocycles. The van der Waals surface area contributed by atoms with E-state index >= 15 is 0 Å². The van der Waals surface area contributed by atoms with Gasteiger partial charge < -0.3 is 19.1 Å². The number of sulfonamides is 1. The molecule has 0 aromatic heterocycles. The van der Waals surface area contributed by atoms with Crippen molar-refractivity contribution in [3.05, 3.63) is 77.9 Å². The van der Waals surface area contributed by atoms with E-state index in [9.17, 15) is 13.2 Å². The first-order valence-electron chi connectivity index (χ1n) is 10.3. The Morgan fingerprint density at radius 1 is 1.03 bits per heavy atom. The lowest BCUT2D eigenvalue weighted by molar-refractivity contribution is 0.0752. The fourth-order valence-corrected chi connectivity index (χ4v) is 4.55. The van der Waals surface area contributed by atoms with Crippen LogP contribution in [0.4, 0.5) is 5.69 Å². The minimum Gasteiger partial charge on any atom is -0.495 e. The summed E-state index contributed by atoms with van der Waals surface area (Å²) in [4.78, 5) is 14.8. The number of amides is 1. The van der Waals surface area contributed by atoms with Crippen molar-refractivity contribution < 1.29 is 27.4 Å². The molecule has 4 rings (SSSR count). The molecule has 0 unspecified atom stereocenters. The van der Waals surface area contributed by atoms with Crippen LogP contribution < -0.4 is 18.9 Å². The zero-order valence-corrected chi connectivity index (χ0v) is 19.1. The van der Waals surface area contributed by atoms with Crippen LogP contribution in [0.3, 0.4) is 0 Å². The Morgan fingerprint density at radius 3 is 2.48 bits per heavy atom. The third-order valence-electron chi connectivity index (χ3n) is 5.24. The molecule has 0 radical (unpaired) electrons. The molecule has 0 saturated carbocycles. The number of hydrogen-bond donors (Lipinski definition) is 1. The molecule has 0 fully saturated rings. The first-order valence-corrected chi connectivity index (χ1v) is 11.8. The average Bonchev–Trinajstić information content (AvgIpc) is 3.30. The van der Waals surface area contributed by atoms with Gasteiger partial charge in [-0.1, -0.05) is 18.2 Å². The third-order valence-corrected chi connectivity index (χ3v) is 6.62. The van der Waals surface area contributed by atoms with E-state index in [4.69, 9.17) is 14.2 Å². The molecule has 0 spiro atoms. The molecule has 33 heavy (non-hydrogen) atoms. The summed E-state index contributed by atoms with van der Waals surface area (Å²) in [5.74, 6) is 1.56. The van der Waals surface area contributed by atoms with Gasteiger partial charge in [0.25, 0.3) is 15.9 Å². The molecule has 0 atom stereocenters. The van der Waals surface area contributed by atoms with Crippen LogP contribution in [-0.2, 0) is 16.6 Å². The molecule has 3 aromatic rings. The minimum absolute atomic E-state index is 0.0452. The Balaban J connectivity index is 1.48. The van der Waals surface area contributed by atoms with Gasteiger partial charge in [0.2, 0.25) is 6.79 Å². The van der Waals surface area contributed by atoms with E-state index in [0.29, 0.717) is 41.6 Å². The van der Waals surface area contributed by atoms with E-state index in [0.717, 1.165) is 5.56 Å². The smallest absolute Gasteiger partial charge is 0.262 e. The van der Waals surface area contributed by atoms with Crippen LogP contribution in [0.5, 0.6) is 17.2 Å². The lowest BCUT2D eigenvalue weighted by Crippen LogP contribution is -2.30. The van der Waals surface area contributed by atoms with Crippen molar-refractivity contribution >= 4 is 21.6 Å². The van der Waals surface area contributed by atoms with Gasteiger partial charge in [-0.25, -0.2) is 8.42 Å². The number of carbonyl (C=O) groups is 1. The van der Waals surface area contributed by atoms with Crippen molar-refractivity contribution in [3.63, 3.8) is 0 Å². The predicted octanol–water partition coefficient (Wildman–Crippen LogP) is 3.89. The topological polar surface area (TPSA) is 94.2 Å². The highest BCUT2D eigenvalue weighted by atomic mass is 32.2. The first kappa shape index (κ1) is 22.5. The first-order chi connectivity index (χ1) is 15.9. The summed E-state index contributed by atoms with van der Waals surface area (Å²) in [6.45, 7) is 2.96. The Morgan fingerprint density at radius 2 is 1.76 bits per heavy atom. The van der Waals surface area contributed by atoms with Gasteiger partial charge >= 0.3 is 0 Å². The van der Waals surface area contributed by atoms with E-state index in [1.807, 2.05) is 25.1 Å². The molecule has 1 heterocycles. The molecule has 172 valence electrons. The zero-order valence-electron chi connectivity index (χ0n) is 18.3. The number of methoxy groups -OCH3 is 1. The van der Waals surface area contributed by atoms with Crippen LogP contribution in [0.2, 0.25) is 0 Å². The largest absolute Gasteiger partial charge is 0.495 e. The van der Waals surface area contributed by atoms with E-state index in [2.05, 4.69) is 4.72 Å². The molecule has 0 aliphatic carbocycles. The van der Waals surface area contributed by atoms with Crippen molar-refractivity contribution in [1.82, 2.24) is 4.90 Å². The fraction of sp³-hybridized carbons (Fsp3) is 0.208. The minimum atomic E-state index is -3.85. The molecule has 1 aliphatic rings. The maximum atomic E-state index is 13.0. The number of ether oxygens (including phenoxy) is 3. The van der Waals surface area contributed by atoms with Gasteiger partial charge in [-0.2, -0.15) is 0 Å². The molecule has 1 N–H and O–H groups in total. The highest BCUT2D eigenvalue weighted by molar-refractivity contribution is 7.92. The Labute approximate surface area is 192 Å². The van der Waals surface area contributed by atoms with Crippen molar-refractivity contribution in [3.8, 4) is 17.2 Å². The van der Waals surface area contributed by atoms with E-state index in [1.54, 1.807) is 29.2 Å². The van der Waals surface area contributed by atoms with Crippen LogP contribution >= 0.6 is 0 Å². The summed E-state index contributed by atoms with van der Waals surface area (Å²) in [7, 11) is -2.38. The number of para-hydroxylation sites is 2. The number of nitrogens with one attached hydrogen (secondary N) is 1. The monoisotopic (exact) mass is 468 g/mol. The number of hydrogen-bond acceptors (Lipinski definition) is 6. The second kappa shape index (κ2) is 9.41. The molecule has 1 amide bonds. The summed E-state index contributed by atoms with van der Waals surface area (Å²) >= 11 is 0. The zero-order chi connectivity index (χ0) is 23.4. The standard InChI is InChI=1S/C24H24N2O6S/c1-3-26(15-17-8-13-22-23(14-17)32-16-31-22)24(27)18-9-11-19(12-10-18)33(28,29)25-20-6-4-5-7-21(20)30-2/h4-14,25H,3,15-16H2,1-2H3. The van der Waals surface area contributed by atoms with Gasteiger partial charge in [-0.15, -0.1) is 0 Å². The molecule has 8 nitrogen and oxygen atoms in total. The van der Waals surface area contributed by atoms with Crippen molar-refractivity contribution in [2.24, 2.45) is 0 Å². The van der Waals surface area contributed by atoms with Gasteiger partial charge in [0.15, 0.2) is 11.5 Å². The summed E-state index contributed by atoms with van der Waals surface area (Å²) < 4.78 is 44.0. The van der Waals surface area contributed by atoms with Gasteiger partial charge in [-0.3, -0.25) is 9.52 Å². The third kappa shape index (κ3) is 4.88. The van der Waals surface area contributed by atoms with E-state index < -0.39 is 10.0 Å². The number of rotatable bonds is 8. The predicted molar refractivity (Wildman–Crippen MR) is 123 cm³/mol. The normalized spacial score (nSPS) is 12.3.